The summed E-state index contributed by atoms with van der Waals surface area (Å²) in [5.74, 6) is 0.777. The van der Waals surface area contributed by atoms with Gasteiger partial charge in [-0.3, -0.25) is 4.99 Å². The second-order valence-electron chi connectivity index (χ2n) is 6.49. The zero-order valence-electron chi connectivity index (χ0n) is 16.7. The van der Waals surface area contributed by atoms with Crippen molar-refractivity contribution >= 4 is 50.7 Å². The molecule has 9 heteroatoms. The molecule has 0 spiro atoms. The largest absolute Gasteiger partial charge is 0.378 e. The Morgan fingerprint density at radius 3 is 2.75 bits per heavy atom. The van der Waals surface area contributed by atoms with Crippen molar-refractivity contribution in [1.82, 2.24) is 15.6 Å². The van der Waals surface area contributed by atoms with Gasteiger partial charge in [0.25, 0.3) is 0 Å². The van der Waals surface area contributed by atoms with E-state index >= 15 is 0 Å². The molecular weight excluding hydrogens is 491 g/mol. The number of guanidine groups is 1. The van der Waals surface area contributed by atoms with Crippen LogP contribution in [0.3, 0.4) is 0 Å². The highest BCUT2D eigenvalue weighted by Crippen LogP contribution is 2.21. The van der Waals surface area contributed by atoms with Gasteiger partial charge in [-0.1, -0.05) is 18.2 Å². The van der Waals surface area contributed by atoms with E-state index < -0.39 is 9.84 Å². The van der Waals surface area contributed by atoms with Crippen LogP contribution in [-0.4, -0.2) is 64.2 Å². The summed E-state index contributed by atoms with van der Waals surface area (Å²) >= 11 is 0. The third-order valence-electron chi connectivity index (χ3n) is 4.14. The van der Waals surface area contributed by atoms with E-state index in [0.717, 1.165) is 25.5 Å². The summed E-state index contributed by atoms with van der Waals surface area (Å²) < 4.78 is 27.4. The molecule has 1 heterocycles. The molecule has 0 saturated carbocycles. The van der Waals surface area contributed by atoms with E-state index in [1.165, 1.54) is 28.3 Å². The van der Waals surface area contributed by atoms with E-state index in [2.05, 4.69) is 51.9 Å². The molecule has 0 radical (unpaired) electrons. The van der Waals surface area contributed by atoms with Crippen LogP contribution in [-0.2, 0) is 21.0 Å². The number of H-pyrrole nitrogens is 1. The molecule has 0 atom stereocenters. The molecule has 158 valence electrons. The van der Waals surface area contributed by atoms with E-state index in [1.54, 1.807) is 0 Å². The lowest BCUT2D eigenvalue weighted by molar-refractivity contribution is 0.157. The van der Waals surface area contributed by atoms with Crippen molar-refractivity contribution in [2.24, 2.45) is 4.99 Å². The van der Waals surface area contributed by atoms with Crippen LogP contribution >= 0.6 is 24.0 Å². The average Bonchev–Trinajstić information content (AvgIpc) is 3.01. The van der Waals surface area contributed by atoms with Gasteiger partial charge in [-0.05, 0) is 31.4 Å². The number of aromatic amines is 1. The molecule has 0 saturated heterocycles. The number of fused-ring (bicyclic) bond motifs is 1. The first kappa shape index (κ1) is 24.7. The monoisotopic (exact) mass is 522 g/mol. The number of aliphatic imine (C=N–C) groups is 1. The van der Waals surface area contributed by atoms with Crippen LogP contribution in [0.1, 0.15) is 18.1 Å². The number of hydrogen-bond acceptors (Lipinski definition) is 4. The number of aromatic nitrogens is 1. The van der Waals surface area contributed by atoms with E-state index in [-0.39, 0.29) is 36.3 Å². The number of sulfone groups is 1. The van der Waals surface area contributed by atoms with Gasteiger partial charge < -0.3 is 20.4 Å². The Morgan fingerprint density at radius 1 is 1.25 bits per heavy atom. The number of aryl methyl sites for hydroxylation is 1. The second kappa shape index (κ2) is 12.3. The average molecular weight is 522 g/mol. The first-order valence-electron chi connectivity index (χ1n) is 9.24. The highest BCUT2D eigenvalue weighted by Gasteiger charge is 2.06. The van der Waals surface area contributed by atoms with Crippen LogP contribution < -0.4 is 10.6 Å². The van der Waals surface area contributed by atoms with Crippen molar-refractivity contribution in [3.8, 4) is 0 Å². The predicted molar refractivity (Wildman–Crippen MR) is 127 cm³/mol. The SMILES string of the molecule is CCNC(=NCCOCCS(C)(=O)=O)NCCc1c[nH]c2c(C)cccc12.I. The third kappa shape index (κ3) is 8.36. The molecule has 2 aromatic rings. The first-order chi connectivity index (χ1) is 12.9. The molecule has 1 aromatic heterocycles. The summed E-state index contributed by atoms with van der Waals surface area (Å²) in [5, 5.41) is 7.79. The smallest absolute Gasteiger partial charge is 0.191 e. The summed E-state index contributed by atoms with van der Waals surface area (Å²) in [6.07, 6.45) is 4.16. The highest BCUT2D eigenvalue weighted by molar-refractivity contribution is 14.0. The number of nitrogens with one attached hydrogen (secondary N) is 3. The number of hydrogen-bond donors (Lipinski definition) is 3. The van der Waals surface area contributed by atoms with Gasteiger partial charge in [0, 0.05) is 36.4 Å². The lowest BCUT2D eigenvalue weighted by Gasteiger charge is -2.11. The summed E-state index contributed by atoms with van der Waals surface area (Å²) in [4.78, 5) is 7.81. The summed E-state index contributed by atoms with van der Waals surface area (Å²) in [6.45, 7) is 6.74. The van der Waals surface area contributed by atoms with Crippen molar-refractivity contribution in [3.05, 3.63) is 35.5 Å². The molecule has 1 aromatic carbocycles. The van der Waals surface area contributed by atoms with Crippen molar-refractivity contribution < 1.29 is 13.2 Å². The standard InChI is InChI=1S/C19H30N4O3S.HI/c1-4-20-19(22-10-11-26-12-13-27(3,24)25)21-9-8-16-14-23-18-15(2)6-5-7-17(16)18;/h5-7,14,23H,4,8-13H2,1-3H3,(H2,20,21,22);1H. The van der Waals surface area contributed by atoms with Crippen LogP contribution in [0.5, 0.6) is 0 Å². The van der Waals surface area contributed by atoms with E-state index in [0.29, 0.717) is 13.2 Å². The Bertz CT molecular complexity index is 865. The fraction of sp³-hybridized carbons (Fsp3) is 0.526. The van der Waals surface area contributed by atoms with Gasteiger partial charge in [0.15, 0.2) is 5.96 Å². The van der Waals surface area contributed by atoms with E-state index in [1.807, 2.05) is 6.92 Å². The number of para-hydroxylation sites is 1. The zero-order chi connectivity index (χ0) is 19.7. The quantitative estimate of drug-likeness (QED) is 0.193. The van der Waals surface area contributed by atoms with Gasteiger partial charge in [0.05, 0.1) is 25.5 Å². The summed E-state index contributed by atoms with van der Waals surface area (Å²) in [7, 11) is -2.98. The number of rotatable bonds is 10. The van der Waals surface area contributed by atoms with Gasteiger partial charge in [-0.25, -0.2) is 8.42 Å². The maximum Gasteiger partial charge on any atom is 0.191 e. The molecule has 28 heavy (non-hydrogen) atoms. The van der Waals surface area contributed by atoms with Crippen molar-refractivity contribution in [2.75, 3.05) is 44.9 Å². The van der Waals surface area contributed by atoms with Crippen LogP contribution in [0, 0.1) is 6.92 Å². The summed E-state index contributed by atoms with van der Waals surface area (Å²) in [5.41, 5.74) is 3.72. The minimum atomic E-state index is -2.98. The van der Waals surface area contributed by atoms with Gasteiger partial charge in [-0.2, -0.15) is 0 Å². The maximum absolute atomic E-state index is 11.0. The fourth-order valence-electron chi connectivity index (χ4n) is 2.76. The molecule has 7 nitrogen and oxygen atoms in total. The van der Waals surface area contributed by atoms with Crippen LogP contribution in [0.25, 0.3) is 10.9 Å². The van der Waals surface area contributed by atoms with Gasteiger partial charge in [0.2, 0.25) is 0 Å². The van der Waals surface area contributed by atoms with Crippen LogP contribution in [0.15, 0.2) is 29.4 Å². The topological polar surface area (TPSA) is 95.6 Å². The molecule has 2 rings (SSSR count). The lowest BCUT2D eigenvalue weighted by atomic mass is 10.1. The molecule has 3 N–H and O–H groups in total. The number of nitrogens with zero attached hydrogens (tertiary/aromatic N) is 1. The van der Waals surface area contributed by atoms with E-state index in [4.69, 9.17) is 4.74 Å². The van der Waals surface area contributed by atoms with Crippen LogP contribution in [0.2, 0.25) is 0 Å². The third-order valence-corrected chi connectivity index (χ3v) is 5.05. The Morgan fingerprint density at radius 2 is 2.04 bits per heavy atom. The molecule has 0 aliphatic rings. The molecular formula is C19H31IN4O3S. The molecule has 0 unspecified atom stereocenters. The number of benzene rings is 1. The normalized spacial score (nSPS) is 12.0. The first-order valence-corrected chi connectivity index (χ1v) is 11.3. The Balaban J connectivity index is 0.00000392. The van der Waals surface area contributed by atoms with Gasteiger partial charge in [0.1, 0.15) is 9.84 Å². The predicted octanol–water partition coefficient (Wildman–Crippen LogP) is 2.25. The molecule has 0 amide bonds. The van der Waals surface area contributed by atoms with E-state index in [9.17, 15) is 8.42 Å². The lowest BCUT2D eigenvalue weighted by Crippen LogP contribution is -2.38. The molecule has 0 aliphatic heterocycles. The Hall–Kier alpha value is -1.33. The minimum absolute atomic E-state index is 0. The maximum atomic E-state index is 11.0. The fourth-order valence-corrected chi connectivity index (χ4v) is 3.18. The molecule has 0 bridgehead atoms. The van der Waals surface area contributed by atoms with Crippen molar-refractivity contribution in [3.63, 3.8) is 0 Å². The highest BCUT2D eigenvalue weighted by atomic mass is 127. The molecule has 0 aliphatic carbocycles. The van der Waals surface area contributed by atoms with Gasteiger partial charge >= 0.3 is 0 Å². The van der Waals surface area contributed by atoms with Crippen molar-refractivity contribution in [1.29, 1.82) is 0 Å². The Kier molecular flexibility index (Phi) is 10.8. The van der Waals surface area contributed by atoms with Crippen LogP contribution in [0.4, 0.5) is 0 Å². The zero-order valence-corrected chi connectivity index (χ0v) is 19.9. The number of ether oxygens (including phenoxy) is 1. The van der Waals surface area contributed by atoms with Gasteiger partial charge in [-0.15, -0.1) is 24.0 Å². The minimum Gasteiger partial charge on any atom is -0.378 e. The number of halogens is 1. The molecule has 0 fully saturated rings. The Labute approximate surface area is 184 Å². The van der Waals surface area contributed by atoms with Crippen molar-refractivity contribution in [2.45, 2.75) is 20.3 Å². The summed E-state index contributed by atoms with van der Waals surface area (Å²) in [6, 6.07) is 6.33. The second-order valence-corrected chi connectivity index (χ2v) is 8.75.